The van der Waals surface area contributed by atoms with Crippen LogP contribution in [0, 0.1) is 5.92 Å². The lowest BCUT2D eigenvalue weighted by Gasteiger charge is -2.22. The number of anilines is 1. The number of methoxy groups -OCH3 is 1. The quantitative estimate of drug-likeness (QED) is 0.639. The summed E-state index contributed by atoms with van der Waals surface area (Å²) in [6.07, 6.45) is 2.38. The van der Waals surface area contributed by atoms with Gasteiger partial charge in [0.05, 0.1) is 30.4 Å². The Morgan fingerprint density at radius 1 is 1.30 bits per heavy atom. The Morgan fingerprint density at radius 3 is 2.96 bits per heavy atom. The van der Waals surface area contributed by atoms with E-state index in [4.69, 9.17) is 9.47 Å². The number of nitrogens with zero attached hydrogens (tertiary/aromatic N) is 4. The molecule has 1 saturated heterocycles. The molecule has 1 aromatic heterocycles. The van der Waals surface area contributed by atoms with E-state index in [1.165, 1.54) is 0 Å². The molecule has 4 rings (SSSR count). The average Bonchev–Trinajstić information content (AvgIpc) is 3.14. The van der Waals surface area contributed by atoms with Crippen LogP contribution >= 0.6 is 0 Å². The number of benzene rings is 1. The van der Waals surface area contributed by atoms with Crippen LogP contribution in [-0.4, -0.2) is 55.3 Å². The van der Waals surface area contributed by atoms with Gasteiger partial charge in [-0.3, -0.25) is 4.39 Å². The Labute approximate surface area is 158 Å². The van der Waals surface area contributed by atoms with E-state index in [9.17, 15) is 4.39 Å². The minimum absolute atomic E-state index is 0.0298. The van der Waals surface area contributed by atoms with Gasteiger partial charge in [-0.15, -0.1) is 0 Å². The topological polar surface area (TPSA) is 59.8 Å². The summed E-state index contributed by atoms with van der Waals surface area (Å²) in [5.41, 5.74) is 3.55. The van der Waals surface area contributed by atoms with Crippen molar-refractivity contribution in [2.45, 2.75) is 19.4 Å². The second kappa shape index (κ2) is 7.60. The molecule has 0 aliphatic carbocycles. The summed E-state index contributed by atoms with van der Waals surface area (Å²) in [6.45, 7) is 3.74. The molecular formula is C20H23FN4O2. The van der Waals surface area contributed by atoms with Crippen molar-refractivity contribution >= 4 is 17.2 Å². The van der Waals surface area contributed by atoms with E-state index in [-0.39, 0.29) is 18.7 Å². The third-order valence-corrected chi connectivity index (χ3v) is 4.92. The van der Waals surface area contributed by atoms with Gasteiger partial charge in [0.25, 0.3) is 0 Å². The minimum Gasteiger partial charge on any atom is -0.488 e. The number of aliphatic imine (C=N–C) groups is 1. The van der Waals surface area contributed by atoms with E-state index in [0.717, 1.165) is 47.2 Å². The first-order chi connectivity index (χ1) is 13.2. The molecule has 7 heteroatoms. The van der Waals surface area contributed by atoms with Gasteiger partial charge in [0.2, 0.25) is 0 Å². The molecule has 142 valence electrons. The number of halogens is 1. The summed E-state index contributed by atoms with van der Waals surface area (Å²) >= 11 is 0. The fraction of sp³-hybridized carbons (Fsp3) is 0.450. The van der Waals surface area contributed by atoms with Gasteiger partial charge in [0.1, 0.15) is 24.0 Å². The highest BCUT2D eigenvalue weighted by Gasteiger charge is 2.26. The Morgan fingerprint density at radius 2 is 2.19 bits per heavy atom. The van der Waals surface area contributed by atoms with E-state index >= 15 is 0 Å². The fourth-order valence-electron chi connectivity index (χ4n) is 3.52. The number of alkyl halides is 1. The molecule has 27 heavy (non-hydrogen) atoms. The van der Waals surface area contributed by atoms with Gasteiger partial charge in [0.15, 0.2) is 0 Å². The molecule has 6 nitrogen and oxygen atoms in total. The maximum absolute atomic E-state index is 12.9. The Hall–Kier alpha value is -2.54. The van der Waals surface area contributed by atoms with Gasteiger partial charge >= 0.3 is 0 Å². The normalized spacial score (nSPS) is 19.3. The van der Waals surface area contributed by atoms with Crippen LogP contribution in [0.25, 0.3) is 0 Å². The summed E-state index contributed by atoms with van der Waals surface area (Å²) in [6, 6.07) is 7.78. The van der Waals surface area contributed by atoms with Crippen LogP contribution in [0.3, 0.4) is 0 Å². The lowest BCUT2D eigenvalue weighted by Crippen LogP contribution is -2.22. The summed E-state index contributed by atoms with van der Waals surface area (Å²) in [4.78, 5) is 15.4. The first kappa shape index (κ1) is 17.9. The third kappa shape index (κ3) is 3.64. The highest BCUT2D eigenvalue weighted by Crippen LogP contribution is 2.36. The van der Waals surface area contributed by atoms with Crippen LogP contribution in [0.15, 0.2) is 35.6 Å². The van der Waals surface area contributed by atoms with Crippen molar-refractivity contribution in [3.63, 3.8) is 0 Å². The van der Waals surface area contributed by atoms with Crippen molar-refractivity contribution in [3.05, 3.63) is 41.9 Å². The van der Waals surface area contributed by atoms with Crippen LogP contribution in [0.4, 0.5) is 15.9 Å². The zero-order valence-electron chi connectivity index (χ0n) is 15.6. The lowest BCUT2D eigenvalue weighted by molar-refractivity contribution is 0.0921. The monoisotopic (exact) mass is 370 g/mol. The lowest BCUT2D eigenvalue weighted by atomic mass is 9.99. The summed E-state index contributed by atoms with van der Waals surface area (Å²) in [5, 5.41) is 0. The zero-order chi connectivity index (χ0) is 18.8. The highest BCUT2D eigenvalue weighted by molar-refractivity contribution is 6.21. The predicted molar refractivity (Wildman–Crippen MR) is 102 cm³/mol. The van der Waals surface area contributed by atoms with Gasteiger partial charge < -0.3 is 14.4 Å². The van der Waals surface area contributed by atoms with Gasteiger partial charge in [0, 0.05) is 37.7 Å². The van der Waals surface area contributed by atoms with Crippen molar-refractivity contribution in [2.75, 3.05) is 38.4 Å². The van der Waals surface area contributed by atoms with Crippen molar-refractivity contribution < 1.29 is 13.9 Å². The van der Waals surface area contributed by atoms with Crippen molar-refractivity contribution in [2.24, 2.45) is 10.9 Å². The molecule has 0 bridgehead atoms. The largest absolute Gasteiger partial charge is 0.488 e. The molecule has 1 aromatic carbocycles. The van der Waals surface area contributed by atoms with Crippen LogP contribution in [0.1, 0.15) is 24.6 Å². The number of hydrogen-bond acceptors (Lipinski definition) is 6. The van der Waals surface area contributed by atoms with Gasteiger partial charge in [-0.2, -0.15) is 0 Å². The smallest absolute Gasteiger partial charge is 0.132 e. The summed E-state index contributed by atoms with van der Waals surface area (Å²) in [5.74, 6) is 1.71. The van der Waals surface area contributed by atoms with Crippen LogP contribution in [-0.2, 0) is 4.74 Å². The molecule has 0 spiro atoms. The Bertz CT molecular complexity index is 858. The molecule has 3 heterocycles. The molecule has 0 saturated carbocycles. The zero-order valence-corrected chi connectivity index (χ0v) is 15.6. The SMILES string of the molecule is COCC(C)Oc1ccc2c(c1)C(c1cc(N3CCC(CF)C3)ncn1)=N2. The molecule has 2 unspecified atom stereocenters. The van der Waals surface area contributed by atoms with Gasteiger partial charge in [-0.25, -0.2) is 15.0 Å². The second-order valence-electron chi connectivity index (χ2n) is 7.04. The van der Waals surface area contributed by atoms with E-state index in [1.54, 1.807) is 13.4 Å². The third-order valence-electron chi connectivity index (χ3n) is 4.92. The number of fused-ring (bicyclic) bond motifs is 1. The van der Waals surface area contributed by atoms with Crippen LogP contribution in [0.2, 0.25) is 0 Å². The average molecular weight is 370 g/mol. The van der Waals surface area contributed by atoms with E-state index in [1.807, 2.05) is 31.2 Å². The molecular weight excluding hydrogens is 347 g/mol. The molecule has 0 radical (unpaired) electrons. The second-order valence-corrected chi connectivity index (χ2v) is 7.04. The van der Waals surface area contributed by atoms with Crippen molar-refractivity contribution in [1.29, 1.82) is 0 Å². The van der Waals surface area contributed by atoms with Gasteiger partial charge in [-0.1, -0.05) is 0 Å². The number of ether oxygens (including phenoxy) is 2. The first-order valence-corrected chi connectivity index (χ1v) is 9.20. The molecule has 1 fully saturated rings. The molecule has 2 aromatic rings. The maximum Gasteiger partial charge on any atom is 0.132 e. The van der Waals surface area contributed by atoms with Crippen molar-refractivity contribution in [1.82, 2.24) is 9.97 Å². The molecule has 2 aliphatic rings. The maximum atomic E-state index is 12.9. The first-order valence-electron chi connectivity index (χ1n) is 9.20. The van der Waals surface area contributed by atoms with E-state index in [0.29, 0.717) is 13.2 Å². The standard InChI is InChI=1S/C20H23FN4O2/c1-13(11-26-2)27-15-3-4-17-16(7-15)20(24-17)18-8-19(23-12-22-18)25-6-5-14(9-21)10-25/h3-4,7-8,12-14H,5-6,9-11H2,1-2H3. The fourth-order valence-corrected chi connectivity index (χ4v) is 3.52. The summed E-state index contributed by atoms with van der Waals surface area (Å²) in [7, 11) is 1.66. The molecule has 0 amide bonds. The molecule has 2 atom stereocenters. The highest BCUT2D eigenvalue weighted by atomic mass is 19.1. The number of hydrogen-bond donors (Lipinski definition) is 0. The van der Waals surface area contributed by atoms with E-state index < -0.39 is 0 Å². The minimum atomic E-state index is -0.279. The summed E-state index contributed by atoms with van der Waals surface area (Å²) < 4.78 is 23.9. The molecule has 0 N–H and O–H groups in total. The predicted octanol–water partition coefficient (Wildman–Crippen LogP) is 3.17. The Kier molecular flexibility index (Phi) is 5.03. The van der Waals surface area contributed by atoms with Crippen LogP contribution < -0.4 is 9.64 Å². The Balaban J connectivity index is 1.52. The van der Waals surface area contributed by atoms with Crippen molar-refractivity contribution in [3.8, 4) is 5.75 Å². The number of rotatable bonds is 7. The van der Waals surface area contributed by atoms with Gasteiger partial charge in [-0.05, 0) is 31.5 Å². The molecule has 2 aliphatic heterocycles. The van der Waals surface area contributed by atoms with E-state index in [2.05, 4.69) is 19.9 Å². The van der Waals surface area contributed by atoms with Crippen LogP contribution in [0.5, 0.6) is 5.75 Å². The number of aromatic nitrogens is 2.